The number of benzene rings is 2. The molecule has 1 fully saturated rings. The average Bonchev–Trinajstić information content (AvgIpc) is 2.86. The van der Waals surface area contributed by atoms with Crippen LogP contribution in [-0.4, -0.2) is 24.5 Å². The van der Waals surface area contributed by atoms with Crippen LogP contribution in [0.25, 0.3) is 0 Å². The maximum Gasteiger partial charge on any atom is 0.416 e. The minimum absolute atomic E-state index is 0.0290. The lowest BCUT2D eigenvalue weighted by Crippen LogP contribution is -2.38. The average molecular weight is 471 g/mol. The van der Waals surface area contributed by atoms with Crippen molar-refractivity contribution in [3.8, 4) is 6.07 Å². The molecule has 5 heteroatoms. The minimum atomic E-state index is -4.46. The fraction of sp³-hybridized carbons (Fsp3) is 0.552. The van der Waals surface area contributed by atoms with Crippen molar-refractivity contribution in [3.05, 3.63) is 71.3 Å². The predicted molar refractivity (Wildman–Crippen MR) is 131 cm³/mol. The van der Waals surface area contributed by atoms with Gasteiger partial charge in [0.05, 0.1) is 17.0 Å². The molecule has 1 unspecified atom stereocenters. The molecule has 184 valence electrons. The highest BCUT2D eigenvalue weighted by Gasteiger charge is 2.46. The highest BCUT2D eigenvalue weighted by molar-refractivity contribution is 5.42. The predicted octanol–water partition coefficient (Wildman–Crippen LogP) is 7.78. The standard InChI is InChI=1S/C29H37F3N2/c1-2-20-34(22-18-24-12-5-3-6-13-24)21-11-19-28(23-33,25-14-7-4-8-15-25)26-16-9-10-17-27(26)29(30,31)32/h3,5-6,9-10,12-13,16-17,25H,2,4,7-8,11,14-15,18-22H2,1H3. The summed E-state index contributed by atoms with van der Waals surface area (Å²) < 4.78 is 41.9. The molecule has 1 aliphatic carbocycles. The molecule has 2 nitrogen and oxygen atoms in total. The lowest BCUT2D eigenvalue weighted by atomic mass is 9.62. The molecule has 1 aliphatic rings. The van der Waals surface area contributed by atoms with Crippen molar-refractivity contribution in [3.63, 3.8) is 0 Å². The summed E-state index contributed by atoms with van der Waals surface area (Å²) in [6.07, 6.45) is 3.42. The molecule has 2 aromatic rings. The second-order valence-corrected chi connectivity index (χ2v) is 9.64. The zero-order valence-electron chi connectivity index (χ0n) is 20.3. The zero-order chi connectivity index (χ0) is 24.4. The number of rotatable bonds is 11. The summed E-state index contributed by atoms with van der Waals surface area (Å²) in [7, 11) is 0. The summed E-state index contributed by atoms with van der Waals surface area (Å²) in [5, 5.41) is 10.5. The maximum absolute atomic E-state index is 14.0. The van der Waals surface area contributed by atoms with Gasteiger partial charge < -0.3 is 4.90 Å². The molecule has 1 atom stereocenters. The number of alkyl halides is 3. The van der Waals surface area contributed by atoms with Crippen molar-refractivity contribution in [1.82, 2.24) is 4.90 Å². The first-order valence-electron chi connectivity index (χ1n) is 12.7. The molecular formula is C29H37F3N2. The van der Waals surface area contributed by atoms with Crippen LogP contribution in [0.4, 0.5) is 13.2 Å². The Kier molecular flexibility index (Phi) is 9.59. The molecule has 0 aromatic heterocycles. The molecule has 2 aromatic carbocycles. The van der Waals surface area contributed by atoms with Crippen LogP contribution in [-0.2, 0) is 18.0 Å². The van der Waals surface area contributed by atoms with Gasteiger partial charge in [-0.05, 0) is 74.7 Å². The maximum atomic E-state index is 14.0. The lowest BCUT2D eigenvalue weighted by molar-refractivity contribution is -0.138. The van der Waals surface area contributed by atoms with E-state index in [0.29, 0.717) is 12.8 Å². The molecule has 0 aliphatic heterocycles. The summed E-state index contributed by atoms with van der Waals surface area (Å²) in [5.74, 6) is -0.0290. The van der Waals surface area contributed by atoms with E-state index in [4.69, 9.17) is 0 Å². The Labute approximate surface area is 202 Å². The van der Waals surface area contributed by atoms with Crippen LogP contribution in [0.15, 0.2) is 54.6 Å². The van der Waals surface area contributed by atoms with E-state index in [2.05, 4.69) is 30.0 Å². The summed E-state index contributed by atoms with van der Waals surface area (Å²) in [4.78, 5) is 2.39. The molecular weight excluding hydrogens is 433 g/mol. The number of hydrogen-bond donors (Lipinski definition) is 0. The van der Waals surface area contributed by atoms with E-state index in [1.165, 1.54) is 11.6 Å². The van der Waals surface area contributed by atoms with E-state index in [1.807, 2.05) is 18.2 Å². The van der Waals surface area contributed by atoms with E-state index in [-0.39, 0.29) is 11.5 Å². The molecule has 0 saturated heterocycles. The topological polar surface area (TPSA) is 27.0 Å². The van der Waals surface area contributed by atoms with E-state index in [0.717, 1.165) is 70.6 Å². The van der Waals surface area contributed by atoms with Crippen molar-refractivity contribution in [2.24, 2.45) is 5.92 Å². The third-order valence-electron chi connectivity index (χ3n) is 7.36. The van der Waals surface area contributed by atoms with E-state index < -0.39 is 17.2 Å². The van der Waals surface area contributed by atoms with Gasteiger partial charge in [-0.3, -0.25) is 0 Å². The largest absolute Gasteiger partial charge is 0.416 e. The summed E-state index contributed by atoms with van der Waals surface area (Å²) in [6.45, 7) is 4.82. The van der Waals surface area contributed by atoms with Gasteiger partial charge in [-0.2, -0.15) is 18.4 Å². The van der Waals surface area contributed by atoms with Crippen LogP contribution >= 0.6 is 0 Å². The van der Waals surface area contributed by atoms with Crippen LogP contribution in [0.3, 0.4) is 0 Å². The van der Waals surface area contributed by atoms with Gasteiger partial charge in [-0.25, -0.2) is 0 Å². The fourth-order valence-electron chi connectivity index (χ4n) is 5.65. The normalized spacial score (nSPS) is 16.8. The Morgan fingerprint density at radius 2 is 1.53 bits per heavy atom. The monoisotopic (exact) mass is 470 g/mol. The van der Waals surface area contributed by atoms with Gasteiger partial charge in [0.1, 0.15) is 0 Å². The lowest BCUT2D eigenvalue weighted by Gasteiger charge is -2.39. The Bertz CT molecular complexity index is 913. The number of hydrogen-bond acceptors (Lipinski definition) is 2. The van der Waals surface area contributed by atoms with Gasteiger partial charge in [0.15, 0.2) is 0 Å². The highest BCUT2D eigenvalue weighted by Crippen LogP contribution is 2.48. The highest BCUT2D eigenvalue weighted by atomic mass is 19.4. The van der Waals surface area contributed by atoms with Crippen LogP contribution in [0.2, 0.25) is 0 Å². The van der Waals surface area contributed by atoms with Crippen LogP contribution < -0.4 is 0 Å². The van der Waals surface area contributed by atoms with Crippen LogP contribution in [0, 0.1) is 17.2 Å². The van der Waals surface area contributed by atoms with Crippen molar-refractivity contribution in [2.45, 2.75) is 76.3 Å². The van der Waals surface area contributed by atoms with Crippen molar-refractivity contribution >= 4 is 0 Å². The van der Waals surface area contributed by atoms with Gasteiger partial charge >= 0.3 is 6.18 Å². The van der Waals surface area contributed by atoms with Gasteiger partial charge in [0, 0.05) is 6.54 Å². The van der Waals surface area contributed by atoms with Crippen molar-refractivity contribution in [2.75, 3.05) is 19.6 Å². The molecule has 0 N–H and O–H groups in total. The smallest absolute Gasteiger partial charge is 0.303 e. The second kappa shape index (κ2) is 12.4. The second-order valence-electron chi connectivity index (χ2n) is 9.64. The Hall–Kier alpha value is -2.32. The summed E-state index contributed by atoms with van der Waals surface area (Å²) >= 11 is 0. The first-order valence-corrected chi connectivity index (χ1v) is 12.7. The quantitative estimate of drug-likeness (QED) is 0.335. The first kappa shape index (κ1) is 26.3. The van der Waals surface area contributed by atoms with Gasteiger partial charge in [-0.1, -0.05) is 74.7 Å². The number of nitriles is 1. The molecule has 0 heterocycles. The van der Waals surface area contributed by atoms with E-state index in [1.54, 1.807) is 12.1 Å². The molecule has 3 rings (SSSR count). The van der Waals surface area contributed by atoms with Crippen molar-refractivity contribution < 1.29 is 13.2 Å². The number of halogens is 3. The summed E-state index contributed by atoms with van der Waals surface area (Å²) in [6, 6.07) is 18.6. The van der Waals surface area contributed by atoms with Gasteiger partial charge in [-0.15, -0.1) is 0 Å². The molecule has 0 spiro atoms. The third-order valence-corrected chi connectivity index (χ3v) is 7.36. The molecule has 1 saturated carbocycles. The van der Waals surface area contributed by atoms with Gasteiger partial charge in [0.25, 0.3) is 0 Å². The molecule has 0 radical (unpaired) electrons. The van der Waals surface area contributed by atoms with E-state index >= 15 is 0 Å². The summed E-state index contributed by atoms with van der Waals surface area (Å²) in [5.41, 5.74) is -0.264. The Morgan fingerprint density at radius 3 is 2.15 bits per heavy atom. The molecule has 34 heavy (non-hydrogen) atoms. The molecule has 0 bridgehead atoms. The van der Waals surface area contributed by atoms with Gasteiger partial charge in [0.2, 0.25) is 0 Å². The SMILES string of the molecule is CCCN(CCCC(C#N)(c1ccccc1C(F)(F)F)C1CCCCC1)CCc1ccccc1. The Balaban J connectivity index is 1.80. The van der Waals surface area contributed by atoms with E-state index in [9.17, 15) is 18.4 Å². The fourth-order valence-corrected chi connectivity index (χ4v) is 5.65. The minimum Gasteiger partial charge on any atom is -0.303 e. The number of nitrogens with zero attached hydrogens (tertiary/aromatic N) is 2. The Morgan fingerprint density at radius 1 is 0.882 bits per heavy atom. The third kappa shape index (κ3) is 6.63. The van der Waals surface area contributed by atoms with Crippen molar-refractivity contribution in [1.29, 1.82) is 5.26 Å². The van der Waals surface area contributed by atoms with Crippen LogP contribution in [0.5, 0.6) is 0 Å². The first-order chi connectivity index (χ1) is 16.4. The zero-order valence-corrected chi connectivity index (χ0v) is 20.3. The van der Waals surface area contributed by atoms with Crippen LogP contribution in [0.1, 0.15) is 75.0 Å². The molecule has 0 amide bonds.